The van der Waals surface area contributed by atoms with Crippen LogP contribution in [0.15, 0.2) is 24.3 Å². The van der Waals surface area contributed by atoms with Crippen molar-refractivity contribution in [2.24, 2.45) is 0 Å². The molecular formula is C11H7Cl5HgO2. The standard InChI is InChI=1S/C11H7Cl4O2.ClH.Hg/c1-2-9(17-10(16)11(13,14)15)7-3-5-8(12)6-4-7;;/h3-6H,1H3;1H;/q;;+1/p-1. The van der Waals surface area contributed by atoms with Crippen LogP contribution in [0.5, 0.6) is 0 Å². The molecule has 2 radical (unpaired) electrons. The van der Waals surface area contributed by atoms with E-state index in [1.807, 2.05) is 0 Å². The summed E-state index contributed by atoms with van der Waals surface area (Å²) in [5.41, 5.74) is 0.611. The number of allylic oxidation sites excluding steroid dienone is 1. The normalized spacial score (nSPS) is 11.1. The molecule has 8 heteroatoms. The number of esters is 1. The van der Waals surface area contributed by atoms with Crippen LogP contribution in [0.2, 0.25) is 5.02 Å². The summed E-state index contributed by atoms with van der Waals surface area (Å²) in [6, 6.07) is 6.63. The molecule has 0 aromatic heterocycles. The van der Waals surface area contributed by atoms with Crippen LogP contribution in [0.1, 0.15) is 12.5 Å². The van der Waals surface area contributed by atoms with E-state index in [0.717, 1.165) is 0 Å². The minimum Gasteiger partial charge on any atom is -1.00 e. The van der Waals surface area contributed by atoms with Crippen molar-refractivity contribution >= 4 is 58.1 Å². The van der Waals surface area contributed by atoms with Crippen molar-refractivity contribution in [2.75, 3.05) is 0 Å². The summed E-state index contributed by atoms with van der Waals surface area (Å²) < 4.78 is 2.80. The van der Waals surface area contributed by atoms with Crippen molar-refractivity contribution in [3.05, 3.63) is 40.9 Å². The molecule has 0 N–H and O–H groups in total. The van der Waals surface area contributed by atoms with Gasteiger partial charge in [-0.25, -0.2) is 4.79 Å². The summed E-state index contributed by atoms with van der Waals surface area (Å²) in [6.45, 7) is 1.58. The zero-order chi connectivity index (χ0) is 13.1. The van der Waals surface area contributed by atoms with Crippen LogP contribution in [0, 0.1) is 6.08 Å². The molecule has 0 saturated carbocycles. The van der Waals surface area contributed by atoms with Crippen molar-refractivity contribution in [2.45, 2.75) is 10.7 Å². The Morgan fingerprint density at radius 1 is 1.21 bits per heavy atom. The summed E-state index contributed by atoms with van der Waals surface area (Å²) in [5.74, 6) is -0.806. The van der Waals surface area contributed by atoms with E-state index < -0.39 is 9.76 Å². The number of alkyl halides is 3. The Morgan fingerprint density at radius 3 is 2.05 bits per heavy atom. The van der Waals surface area contributed by atoms with Gasteiger partial charge in [0.15, 0.2) is 0 Å². The number of ether oxygens (including phenoxy) is 1. The Morgan fingerprint density at radius 2 is 1.68 bits per heavy atom. The number of hydrogen-bond acceptors (Lipinski definition) is 2. The van der Waals surface area contributed by atoms with Crippen molar-refractivity contribution in [1.82, 2.24) is 0 Å². The summed E-state index contributed by atoms with van der Waals surface area (Å²) in [6.07, 6.45) is 2.70. The number of benzene rings is 1. The Labute approximate surface area is 158 Å². The first kappa shape index (κ1) is 22.1. The molecule has 0 heterocycles. The summed E-state index contributed by atoms with van der Waals surface area (Å²) in [5, 5.41) is 0.567. The predicted octanol–water partition coefficient (Wildman–Crippen LogP) is 1.42. The summed E-state index contributed by atoms with van der Waals surface area (Å²) in [7, 11) is 0. The van der Waals surface area contributed by atoms with Gasteiger partial charge in [0, 0.05) is 10.6 Å². The van der Waals surface area contributed by atoms with E-state index in [9.17, 15) is 4.79 Å². The third-order valence-electron chi connectivity index (χ3n) is 1.76. The third kappa shape index (κ3) is 7.40. The number of rotatable bonds is 2. The molecule has 0 amide bonds. The van der Waals surface area contributed by atoms with Crippen LogP contribution >= 0.6 is 46.4 Å². The van der Waals surface area contributed by atoms with Crippen molar-refractivity contribution in [1.29, 1.82) is 0 Å². The first-order valence-corrected chi connectivity index (χ1v) is 5.95. The van der Waals surface area contributed by atoms with Gasteiger partial charge in [-0.2, -0.15) is 0 Å². The quantitative estimate of drug-likeness (QED) is 0.242. The van der Waals surface area contributed by atoms with Crippen LogP contribution < -0.4 is 12.4 Å². The van der Waals surface area contributed by atoms with Gasteiger partial charge in [0.25, 0.3) is 3.79 Å². The van der Waals surface area contributed by atoms with E-state index in [4.69, 9.17) is 51.1 Å². The van der Waals surface area contributed by atoms with E-state index in [1.54, 1.807) is 31.2 Å². The minimum atomic E-state index is -2.12. The Hall–Kier alpha value is 0.815. The predicted molar refractivity (Wildman–Crippen MR) is 70.2 cm³/mol. The van der Waals surface area contributed by atoms with Gasteiger partial charge in [-0.1, -0.05) is 46.4 Å². The number of carbonyl (C=O) groups excluding carboxylic acids is 1. The first-order chi connectivity index (χ1) is 7.84. The molecule has 0 fully saturated rings. The second kappa shape index (κ2) is 9.70. The van der Waals surface area contributed by atoms with Gasteiger partial charge >= 0.3 is 33.6 Å². The zero-order valence-electron chi connectivity index (χ0n) is 9.72. The Bertz CT molecular complexity index is 439. The van der Waals surface area contributed by atoms with Gasteiger partial charge in [-0.3, -0.25) is 0 Å². The second-order valence-electron chi connectivity index (χ2n) is 2.97. The number of hydrogen-bond donors (Lipinski definition) is 0. The molecule has 0 unspecified atom stereocenters. The molecule has 1 aromatic rings. The van der Waals surface area contributed by atoms with E-state index >= 15 is 0 Å². The molecule has 0 atom stereocenters. The summed E-state index contributed by atoms with van der Waals surface area (Å²) in [4.78, 5) is 11.4. The van der Waals surface area contributed by atoms with Crippen LogP contribution in [0.4, 0.5) is 0 Å². The molecule has 100 valence electrons. The monoisotopic (exact) mass is 548 g/mol. The maximum absolute atomic E-state index is 11.4. The molecule has 0 aliphatic heterocycles. The van der Waals surface area contributed by atoms with Crippen LogP contribution in [-0.2, 0) is 37.2 Å². The third-order valence-corrected chi connectivity index (χ3v) is 2.47. The number of carbonyl (C=O) groups is 1. The molecule has 0 aliphatic rings. The van der Waals surface area contributed by atoms with E-state index in [-0.39, 0.29) is 45.8 Å². The van der Waals surface area contributed by atoms with Gasteiger partial charge in [0.2, 0.25) is 0 Å². The van der Waals surface area contributed by atoms with Gasteiger partial charge in [0.05, 0.1) is 0 Å². The molecule has 0 bridgehead atoms. The van der Waals surface area contributed by atoms with E-state index in [0.29, 0.717) is 10.6 Å². The summed E-state index contributed by atoms with van der Waals surface area (Å²) >= 11 is 21.9. The smallest absolute Gasteiger partial charge is 1.00 e. The van der Waals surface area contributed by atoms with Crippen LogP contribution in [0.25, 0.3) is 5.76 Å². The fourth-order valence-electron chi connectivity index (χ4n) is 1.01. The SMILES string of the molecule is C[C]=C(OC(=O)C(Cl)(Cl)Cl)c1ccc(Cl)cc1.[Cl-].[Hg+]. The first-order valence-electron chi connectivity index (χ1n) is 4.44. The molecule has 1 rings (SSSR count). The van der Waals surface area contributed by atoms with Crippen LogP contribution in [0.3, 0.4) is 0 Å². The fourth-order valence-corrected chi connectivity index (χ4v) is 1.25. The Balaban J connectivity index is 0. The van der Waals surface area contributed by atoms with Gasteiger partial charge in [-0.15, -0.1) is 0 Å². The minimum absolute atomic E-state index is 0. The maximum Gasteiger partial charge on any atom is 1.00 e. The molecule has 2 nitrogen and oxygen atoms in total. The molecule has 0 saturated heterocycles. The van der Waals surface area contributed by atoms with E-state index in [1.165, 1.54) is 0 Å². The van der Waals surface area contributed by atoms with Crippen molar-refractivity contribution in [3.8, 4) is 0 Å². The van der Waals surface area contributed by atoms with Gasteiger partial charge < -0.3 is 17.1 Å². The van der Waals surface area contributed by atoms with Crippen molar-refractivity contribution < 1.29 is 49.6 Å². The van der Waals surface area contributed by atoms with Crippen molar-refractivity contribution in [3.63, 3.8) is 0 Å². The van der Waals surface area contributed by atoms with Gasteiger partial charge in [0.1, 0.15) is 5.76 Å². The average molecular weight is 549 g/mol. The zero-order valence-corrected chi connectivity index (χ0v) is 19.0. The topological polar surface area (TPSA) is 26.3 Å². The molecule has 0 spiro atoms. The maximum atomic E-state index is 11.4. The Kier molecular flexibility index (Phi) is 11.3. The molecule has 0 aliphatic carbocycles. The fraction of sp³-hybridized carbons (Fsp3) is 0.182. The average Bonchev–Trinajstić information content (AvgIpc) is 2.25. The van der Waals surface area contributed by atoms with E-state index in [2.05, 4.69) is 6.08 Å². The second-order valence-corrected chi connectivity index (χ2v) is 5.69. The molecular weight excluding hydrogens is 542 g/mol. The largest absolute Gasteiger partial charge is 1.00 e. The number of halogens is 5. The molecule has 19 heavy (non-hydrogen) atoms. The van der Waals surface area contributed by atoms with Crippen LogP contribution in [-0.4, -0.2) is 9.76 Å². The molecule has 1 aromatic carbocycles. The van der Waals surface area contributed by atoms with Gasteiger partial charge in [-0.05, 0) is 37.3 Å².